The van der Waals surface area contributed by atoms with Crippen LogP contribution >= 0.6 is 0 Å². The number of rotatable bonds is 4. The summed E-state index contributed by atoms with van der Waals surface area (Å²) in [5.41, 5.74) is 6.32. The maximum Gasteiger partial charge on any atom is 0.259 e. The van der Waals surface area contributed by atoms with Gasteiger partial charge in [0.15, 0.2) is 0 Å². The zero-order chi connectivity index (χ0) is 14.7. The molecular formula is C14H14N4O2. The Morgan fingerprint density at radius 2 is 2.35 bits per heavy atom. The van der Waals surface area contributed by atoms with Crippen LogP contribution in [0.4, 0.5) is 0 Å². The maximum absolute atomic E-state index is 11.1. The van der Waals surface area contributed by atoms with Crippen molar-refractivity contribution in [3.63, 3.8) is 0 Å². The minimum atomic E-state index is -0.760. The average molecular weight is 270 g/mol. The van der Waals surface area contributed by atoms with Crippen LogP contribution in [0.5, 0.6) is 5.75 Å². The summed E-state index contributed by atoms with van der Waals surface area (Å²) in [5.74, 6) is -0.135. The van der Waals surface area contributed by atoms with Gasteiger partial charge in [-0.2, -0.15) is 5.26 Å². The fourth-order valence-corrected chi connectivity index (χ4v) is 1.77. The second-order valence-corrected chi connectivity index (χ2v) is 4.51. The highest BCUT2D eigenvalue weighted by molar-refractivity contribution is 6.02. The van der Waals surface area contributed by atoms with Crippen LogP contribution in [0.15, 0.2) is 24.0 Å². The first kappa shape index (κ1) is 13.6. The summed E-state index contributed by atoms with van der Waals surface area (Å²) >= 11 is 0. The maximum atomic E-state index is 11.1. The van der Waals surface area contributed by atoms with Gasteiger partial charge in [0.2, 0.25) is 0 Å². The number of aromatic nitrogens is 2. The van der Waals surface area contributed by atoms with Gasteiger partial charge in [-0.15, -0.1) is 0 Å². The van der Waals surface area contributed by atoms with Crippen molar-refractivity contribution in [1.29, 1.82) is 5.26 Å². The molecule has 2 aromatic heterocycles. The van der Waals surface area contributed by atoms with Gasteiger partial charge in [0.1, 0.15) is 23.0 Å². The van der Waals surface area contributed by atoms with E-state index < -0.39 is 5.91 Å². The number of carbonyl (C=O) groups excluding carboxylic acids is 1. The standard InChI is InChI=1S/C14H14N4O2/c1-8(2)20-11-4-12-10(3-9(5-15)13(16)19)6-17-14(12)18-7-11/h3-4,6-8H,1-2H3,(H2,16,19)(H,17,18)/b9-3+. The SMILES string of the molecule is CC(C)Oc1cnc2[nH]cc(/C=C(\C#N)C(N)=O)c2c1. The molecule has 0 unspecified atom stereocenters. The Labute approximate surface area is 115 Å². The van der Waals surface area contributed by atoms with E-state index in [2.05, 4.69) is 9.97 Å². The number of nitrogens with zero attached hydrogens (tertiary/aromatic N) is 2. The Kier molecular flexibility index (Phi) is 3.71. The van der Waals surface area contributed by atoms with Crippen molar-refractivity contribution in [3.05, 3.63) is 29.6 Å². The molecule has 0 aliphatic rings. The van der Waals surface area contributed by atoms with E-state index in [4.69, 9.17) is 15.7 Å². The Bertz CT molecular complexity index is 722. The molecule has 0 saturated carbocycles. The van der Waals surface area contributed by atoms with Gasteiger partial charge >= 0.3 is 0 Å². The fraction of sp³-hybridized carbons (Fsp3) is 0.214. The third-order valence-electron chi connectivity index (χ3n) is 2.60. The van der Waals surface area contributed by atoms with Crippen molar-refractivity contribution in [2.45, 2.75) is 20.0 Å². The van der Waals surface area contributed by atoms with Crippen LogP contribution in [-0.4, -0.2) is 22.0 Å². The van der Waals surface area contributed by atoms with Crippen LogP contribution in [0.3, 0.4) is 0 Å². The molecule has 1 amide bonds. The molecule has 0 bridgehead atoms. The molecule has 0 radical (unpaired) electrons. The monoisotopic (exact) mass is 270 g/mol. The van der Waals surface area contributed by atoms with Gasteiger partial charge in [-0.3, -0.25) is 4.79 Å². The molecule has 3 N–H and O–H groups in total. The van der Waals surface area contributed by atoms with Crippen LogP contribution in [-0.2, 0) is 4.79 Å². The van der Waals surface area contributed by atoms with Crippen molar-refractivity contribution in [1.82, 2.24) is 9.97 Å². The number of primary amides is 1. The number of amides is 1. The number of hydrogen-bond donors (Lipinski definition) is 2. The average Bonchev–Trinajstić information content (AvgIpc) is 2.77. The van der Waals surface area contributed by atoms with Gasteiger partial charge < -0.3 is 15.5 Å². The normalized spacial score (nSPS) is 11.6. The largest absolute Gasteiger partial charge is 0.489 e. The fourth-order valence-electron chi connectivity index (χ4n) is 1.77. The number of hydrogen-bond acceptors (Lipinski definition) is 4. The highest BCUT2D eigenvalue weighted by Gasteiger charge is 2.09. The van der Waals surface area contributed by atoms with Crippen LogP contribution in [0, 0.1) is 11.3 Å². The topological polar surface area (TPSA) is 105 Å². The van der Waals surface area contributed by atoms with Crippen molar-refractivity contribution >= 4 is 23.0 Å². The molecule has 0 aliphatic carbocycles. The first-order chi connectivity index (χ1) is 9.51. The Morgan fingerprint density at radius 3 is 2.95 bits per heavy atom. The lowest BCUT2D eigenvalue weighted by Crippen LogP contribution is -2.12. The highest BCUT2D eigenvalue weighted by Crippen LogP contribution is 2.24. The number of nitriles is 1. The molecule has 0 fully saturated rings. The minimum Gasteiger partial charge on any atom is -0.489 e. The molecular weight excluding hydrogens is 256 g/mol. The molecule has 102 valence electrons. The summed E-state index contributed by atoms with van der Waals surface area (Å²) < 4.78 is 5.57. The molecule has 0 atom stereocenters. The van der Waals surface area contributed by atoms with E-state index in [9.17, 15) is 4.79 Å². The molecule has 2 heterocycles. The van der Waals surface area contributed by atoms with Crippen LogP contribution < -0.4 is 10.5 Å². The molecule has 2 aromatic rings. The van der Waals surface area contributed by atoms with Crippen molar-refractivity contribution in [2.75, 3.05) is 0 Å². The van der Waals surface area contributed by atoms with E-state index >= 15 is 0 Å². The molecule has 2 rings (SSSR count). The van der Waals surface area contributed by atoms with E-state index in [1.54, 1.807) is 24.5 Å². The van der Waals surface area contributed by atoms with E-state index in [0.717, 1.165) is 5.39 Å². The van der Waals surface area contributed by atoms with Gasteiger partial charge in [-0.25, -0.2) is 4.98 Å². The number of carbonyl (C=O) groups is 1. The molecule has 0 saturated heterocycles. The van der Waals surface area contributed by atoms with E-state index in [1.807, 2.05) is 13.8 Å². The van der Waals surface area contributed by atoms with Gasteiger partial charge in [0, 0.05) is 17.1 Å². The smallest absolute Gasteiger partial charge is 0.259 e. The molecule has 0 spiro atoms. The molecule has 0 aromatic carbocycles. The highest BCUT2D eigenvalue weighted by atomic mass is 16.5. The van der Waals surface area contributed by atoms with Crippen molar-refractivity contribution < 1.29 is 9.53 Å². The second kappa shape index (κ2) is 5.45. The van der Waals surface area contributed by atoms with Gasteiger partial charge in [0.05, 0.1) is 12.3 Å². The quantitative estimate of drug-likeness (QED) is 0.652. The summed E-state index contributed by atoms with van der Waals surface area (Å²) in [4.78, 5) is 18.3. The van der Waals surface area contributed by atoms with E-state index in [0.29, 0.717) is 17.0 Å². The van der Waals surface area contributed by atoms with Crippen molar-refractivity contribution in [3.8, 4) is 11.8 Å². The van der Waals surface area contributed by atoms with Gasteiger partial charge in [-0.05, 0) is 26.0 Å². The summed E-state index contributed by atoms with van der Waals surface area (Å²) in [5, 5.41) is 9.63. The Morgan fingerprint density at radius 1 is 1.60 bits per heavy atom. The number of pyridine rings is 1. The zero-order valence-electron chi connectivity index (χ0n) is 11.2. The number of ether oxygens (including phenoxy) is 1. The third-order valence-corrected chi connectivity index (χ3v) is 2.60. The second-order valence-electron chi connectivity index (χ2n) is 4.51. The molecule has 20 heavy (non-hydrogen) atoms. The van der Waals surface area contributed by atoms with E-state index in [-0.39, 0.29) is 11.7 Å². The number of nitrogens with two attached hydrogens (primary N) is 1. The summed E-state index contributed by atoms with van der Waals surface area (Å²) in [6.45, 7) is 3.84. The van der Waals surface area contributed by atoms with Gasteiger partial charge in [-0.1, -0.05) is 0 Å². The van der Waals surface area contributed by atoms with Crippen LogP contribution in [0.25, 0.3) is 17.1 Å². The number of nitrogens with one attached hydrogen (secondary N) is 1. The van der Waals surface area contributed by atoms with Gasteiger partial charge in [0.25, 0.3) is 5.91 Å². The lowest BCUT2D eigenvalue weighted by molar-refractivity contribution is -0.114. The third kappa shape index (κ3) is 2.78. The predicted octanol–water partition coefficient (Wildman–Crippen LogP) is 1.74. The summed E-state index contributed by atoms with van der Waals surface area (Å²) in [6.07, 6.45) is 4.75. The predicted molar refractivity (Wildman–Crippen MR) is 74.6 cm³/mol. The van der Waals surface area contributed by atoms with E-state index in [1.165, 1.54) is 6.08 Å². The number of fused-ring (bicyclic) bond motifs is 1. The lowest BCUT2D eigenvalue weighted by atomic mass is 10.1. The van der Waals surface area contributed by atoms with Crippen LogP contribution in [0.1, 0.15) is 19.4 Å². The Balaban J connectivity index is 2.50. The minimum absolute atomic E-state index is 0.0347. The first-order valence-electron chi connectivity index (χ1n) is 6.06. The Hall–Kier alpha value is -2.81. The molecule has 6 nitrogen and oxygen atoms in total. The first-order valence-corrected chi connectivity index (χ1v) is 6.06. The molecule has 0 aliphatic heterocycles. The zero-order valence-corrected chi connectivity index (χ0v) is 11.2. The van der Waals surface area contributed by atoms with Crippen molar-refractivity contribution in [2.24, 2.45) is 5.73 Å². The number of aromatic amines is 1. The molecule has 6 heteroatoms. The van der Waals surface area contributed by atoms with Crippen LogP contribution in [0.2, 0.25) is 0 Å². The summed E-state index contributed by atoms with van der Waals surface area (Å²) in [6, 6.07) is 3.58. The summed E-state index contributed by atoms with van der Waals surface area (Å²) in [7, 11) is 0. The lowest BCUT2D eigenvalue weighted by Gasteiger charge is -2.08. The number of H-pyrrole nitrogens is 1.